The van der Waals surface area contributed by atoms with Crippen LogP contribution in [0.4, 0.5) is 5.69 Å². The monoisotopic (exact) mass is 432 g/mol. The van der Waals surface area contributed by atoms with Gasteiger partial charge in [0, 0.05) is 10.7 Å². The number of rotatable bonds is 6. The molecule has 0 bridgehead atoms. The lowest BCUT2D eigenvalue weighted by molar-refractivity contribution is -0.137. The van der Waals surface area contributed by atoms with Crippen molar-refractivity contribution in [2.75, 3.05) is 12.4 Å². The van der Waals surface area contributed by atoms with E-state index in [2.05, 4.69) is 5.32 Å². The van der Waals surface area contributed by atoms with Crippen molar-refractivity contribution in [3.63, 3.8) is 0 Å². The molecule has 0 aliphatic carbocycles. The van der Waals surface area contributed by atoms with Crippen molar-refractivity contribution >= 4 is 34.7 Å². The van der Waals surface area contributed by atoms with Crippen molar-refractivity contribution in [1.29, 1.82) is 0 Å². The molecule has 4 rings (SSSR count). The molecule has 1 aliphatic rings. The van der Waals surface area contributed by atoms with Gasteiger partial charge in [0.05, 0.1) is 19.2 Å². The van der Waals surface area contributed by atoms with Crippen LogP contribution >= 0.6 is 11.6 Å². The number of nitrogens with one attached hydrogen (secondary N) is 1. The summed E-state index contributed by atoms with van der Waals surface area (Å²) in [6.45, 7) is 2.08. The van der Waals surface area contributed by atoms with Gasteiger partial charge in [-0.15, -0.1) is 0 Å². The van der Waals surface area contributed by atoms with Gasteiger partial charge in [-0.3, -0.25) is 14.5 Å². The Hall–Kier alpha value is -3.57. The maximum Gasteiger partial charge on any atom is 0.278 e. The summed E-state index contributed by atoms with van der Waals surface area (Å²) in [5.74, 6) is -0.0944. The Morgan fingerprint density at radius 2 is 1.58 bits per heavy atom. The zero-order chi connectivity index (χ0) is 22.0. The average Bonchev–Trinajstić information content (AvgIpc) is 3.01. The van der Waals surface area contributed by atoms with Gasteiger partial charge >= 0.3 is 0 Å². The van der Waals surface area contributed by atoms with E-state index in [-0.39, 0.29) is 18.1 Å². The molecule has 156 valence electrons. The second-order valence-corrected chi connectivity index (χ2v) is 7.66. The fourth-order valence-electron chi connectivity index (χ4n) is 3.44. The number of methoxy groups -OCH3 is 1. The number of benzene rings is 3. The first-order chi connectivity index (χ1) is 15.0. The number of halogens is 1. The lowest BCUT2D eigenvalue weighted by atomic mass is 10.0. The van der Waals surface area contributed by atoms with Crippen LogP contribution in [0, 0.1) is 6.92 Å². The summed E-state index contributed by atoms with van der Waals surface area (Å²) in [5, 5.41) is 3.67. The maximum atomic E-state index is 13.4. The van der Waals surface area contributed by atoms with Crippen LogP contribution in [0.15, 0.2) is 78.5 Å². The number of carbonyl (C=O) groups excluding carboxylic acids is 2. The fourth-order valence-corrected chi connectivity index (χ4v) is 3.63. The van der Waals surface area contributed by atoms with Crippen LogP contribution in [0.5, 0.6) is 5.75 Å². The van der Waals surface area contributed by atoms with Gasteiger partial charge in [-0.2, -0.15) is 0 Å². The summed E-state index contributed by atoms with van der Waals surface area (Å²) >= 11 is 6.27. The molecular formula is C25H21ClN2O3. The normalized spacial score (nSPS) is 13.7. The van der Waals surface area contributed by atoms with Crippen LogP contribution in [0.2, 0.25) is 5.02 Å². The highest BCUT2D eigenvalue weighted by Gasteiger charge is 2.39. The third-order valence-corrected chi connectivity index (χ3v) is 5.52. The van der Waals surface area contributed by atoms with Gasteiger partial charge in [0.25, 0.3) is 11.8 Å². The van der Waals surface area contributed by atoms with Crippen molar-refractivity contribution in [2.24, 2.45) is 0 Å². The summed E-state index contributed by atoms with van der Waals surface area (Å²) in [7, 11) is 1.58. The molecule has 3 aromatic carbocycles. The van der Waals surface area contributed by atoms with E-state index < -0.39 is 5.91 Å². The van der Waals surface area contributed by atoms with Crippen molar-refractivity contribution < 1.29 is 14.3 Å². The number of anilines is 1. The predicted octanol–water partition coefficient (Wildman–Crippen LogP) is 5.05. The molecule has 0 unspecified atom stereocenters. The van der Waals surface area contributed by atoms with E-state index >= 15 is 0 Å². The Morgan fingerprint density at radius 3 is 2.23 bits per heavy atom. The third-order valence-electron chi connectivity index (χ3n) is 5.15. The van der Waals surface area contributed by atoms with Crippen molar-refractivity contribution in [2.45, 2.75) is 13.5 Å². The fraction of sp³-hybridized carbons (Fsp3) is 0.120. The summed E-state index contributed by atoms with van der Waals surface area (Å²) in [5.41, 5.74) is 3.73. The molecule has 0 atom stereocenters. The van der Waals surface area contributed by atoms with E-state index in [1.807, 2.05) is 43.3 Å². The molecule has 0 radical (unpaired) electrons. The zero-order valence-corrected chi connectivity index (χ0v) is 17.9. The Labute approximate surface area is 185 Å². The average molecular weight is 433 g/mol. The van der Waals surface area contributed by atoms with E-state index in [0.29, 0.717) is 27.5 Å². The minimum Gasteiger partial charge on any atom is -0.497 e. The summed E-state index contributed by atoms with van der Waals surface area (Å²) in [6, 6.07) is 21.9. The van der Waals surface area contributed by atoms with Crippen LogP contribution in [0.1, 0.15) is 16.7 Å². The number of carbonyl (C=O) groups is 2. The first-order valence-corrected chi connectivity index (χ1v) is 10.2. The number of hydrogen-bond donors (Lipinski definition) is 1. The molecule has 0 fully saturated rings. The van der Waals surface area contributed by atoms with E-state index in [1.165, 1.54) is 4.90 Å². The van der Waals surface area contributed by atoms with E-state index in [1.54, 1.807) is 43.5 Å². The molecule has 1 N–H and O–H groups in total. The van der Waals surface area contributed by atoms with Crippen molar-refractivity contribution in [3.05, 3.63) is 100 Å². The molecular weight excluding hydrogens is 412 g/mol. The van der Waals surface area contributed by atoms with Crippen LogP contribution in [0.3, 0.4) is 0 Å². The second-order valence-electron chi connectivity index (χ2n) is 7.26. The van der Waals surface area contributed by atoms with Crippen LogP contribution in [-0.2, 0) is 16.1 Å². The summed E-state index contributed by atoms with van der Waals surface area (Å²) < 4.78 is 5.22. The number of amides is 2. The molecule has 3 aromatic rings. The highest BCUT2D eigenvalue weighted by Crippen LogP contribution is 2.33. The molecule has 5 nitrogen and oxygen atoms in total. The molecule has 2 amide bonds. The molecule has 0 saturated heterocycles. The lowest BCUT2D eigenvalue weighted by Crippen LogP contribution is -2.32. The highest BCUT2D eigenvalue weighted by atomic mass is 35.5. The summed E-state index contributed by atoms with van der Waals surface area (Å²) in [6.07, 6.45) is 0. The molecule has 0 spiro atoms. The lowest BCUT2D eigenvalue weighted by Gasteiger charge is -2.16. The van der Waals surface area contributed by atoms with Crippen LogP contribution in [-0.4, -0.2) is 23.8 Å². The number of imide groups is 1. The van der Waals surface area contributed by atoms with Gasteiger partial charge in [-0.25, -0.2) is 0 Å². The van der Waals surface area contributed by atoms with Crippen LogP contribution < -0.4 is 10.1 Å². The first kappa shape index (κ1) is 20.7. The van der Waals surface area contributed by atoms with Gasteiger partial charge in [0.15, 0.2) is 0 Å². The second kappa shape index (κ2) is 8.66. The van der Waals surface area contributed by atoms with Gasteiger partial charge < -0.3 is 10.1 Å². The number of hydrogen-bond acceptors (Lipinski definition) is 4. The van der Waals surface area contributed by atoms with E-state index in [0.717, 1.165) is 11.3 Å². The Balaban J connectivity index is 1.74. The van der Waals surface area contributed by atoms with Gasteiger partial charge in [-0.05, 0) is 48.4 Å². The first-order valence-electron chi connectivity index (χ1n) is 9.80. The third kappa shape index (κ3) is 4.18. The standard InChI is InChI=1S/C25H21ClN2O3/c1-16-7-11-19(12-8-16)27-23-22(17-9-13-20(31-2)14-10-17)24(29)28(25(23)30)15-18-5-3-4-6-21(18)26/h3-14,27H,15H2,1-2H3. The number of ether oxygens (including phenoxy) is 1. The van der Waals surface area contributed by atoms with Crippen molar-refractivity contribution in [1.82, 2.24) is 4.90 Å². The zero-order valence-electron chi connectivity index (χ0n) is 17.2. The Kier molecular flexibility index (Phi) is 5.78. The number of nitrogens with zero attached hydrogens (tertiary/aromatic N) is 1. The molecule has 1 heterocycles. The molecule has 31 heavy (non-hydrogen) atoms. The van der Waals surface area contributed by atoms with Gasteiger partial charge in [0.2, 0.25) is 0 Å². The maximum absolute atomic E-state index is 13.4. The highest BCUT2D eigenvalue weighted by molar-refractivity contribution is 6.36. The molecule has 6 heteroatoms. The van der Waals surface area contributed by atoms with Gasteiger partial charge in [0.1, 0.15) is 11.4 Å². The van der Waals surface area contributed by atoms with Gasteiger partial charge in [-0.1, -0.05) is 59.6 Å². The molecule has 0 saturated carbocycles. The quantitative estimate of drug-likeness (QED) is 0.554. The van der Waals surface area contributed by atoms with Crippen molar-refractivity contribution in [3.8, 4) is 5.75 Å². The van der Waals surface area contributed by atoms with E-state index in [4.69, 9.17) is 16.3 Å². The van der Waals surface area contributed by atoms with E-state index in [9.17, 15) is 9.59 Å². The smallest absolute Gasteiger partial charge is 0.278 e. The Bertz CT molecular complexity index is 1170. The number of aryl methyl sites for hydroxylation is 1. The minimum atomic E-state index is -0.392. The largest absolute Gasteiger partial charge is 0.497 e. The topological polar surface area (TPSA) is 58.6 Å². The van der Waals surface area contributed by atoms with Crippen LogP contribution in [0.25, 0.3) is 5.57 Å². The Morgan fingerprint density at radius 1 is 0.903 bits per heavy atom. The predicted molar refractivity (Wildman–Crippen MR) is 122 cm³/mol. The SMILES string of the molecule is COc1ccc(C2=C(Nc3ccc(C)cc3)C(=O)N(Cc3ccccc3Cl)C2=O)cc1. The summed E-state index contributed by atoms with van der Waals surface area (Å²) in [4.78, 5) is 27.9. The molecule has 0 aromatic heterocycles. The minimum absolute atomic E-state index is 0.0933. The molecule has 1 aliphatic heterocycles.